The van der Waals surface area contributed by atoms with Gasteiger partial charge in [0.15, 0.2) is 5.96 Å². The Bertz CT molecular complexity index is 318. The van der Waals surface area contributed by atoms with E-state index in [1.54, 1.807) is 7.11 Å². The Kier molecular flexibility index (Phi) is 12.6. The van der Waals surface area contributed by atoms with Crippen molar-refractivity contribution in [1.29, 1.82) is 0 Å². The Hall–Kier alpha value is -1.11. The highest BCUT2D eigenvalue weighted by Crippen LogP contribution is 1.98. The van der Waals surface area contributed by atoms with Crippen LogP contribution in [-0.4, -0.2) is 77.1 Å². The van der Waals surface area contributed by atoms with Crippen molar-refractivity contribution in [2.24, 2.45) is 4.99 Å². The molecule has 0 spiro atoms. The number of rotatable bonds is 12. The van der Waals surface area contributed by atoms with Crippen LogP contribution in [0.15, 0.2) is 17.6 Å². The molecule has 134 valence electrons. The number of guanidine groups is 1. The molecule has 0 radical (unpaired) electrons. The van der Waals surface area contributed by atoms with Crippen LogP contribution in [0.1, 0.15) is 25.7 Å². The zero-order chi connectivity index (χ0) is 16.6. The third-order valence-electron chi connectivity index (χ3n) is 3.74. The lowest BCUT2D eigenvalue weighted by atomic mass is 10.2. The Morgan fingerprint density at radius 1 is 1.22 bits per heavy atom. The second-order valence-corrected chi connectivity index (χ2v) is 5.69. The van der Waals surface area contributed by atoms with Gasteiger partial charge in [-0.3, -0.25) is 9.89 Å². The van der Waals surface area contributed by atoms with Crippen molar-refractivity contribution in [3.8, 4) is 0 Å². The topological polar surface area (TPSA) is 58.1 Å². The zero-order valence-corrected chi connectivity index (χ0v) is 14.7. The smallest absolute Gasteiger partial charge is 0.191 e. The zero-order valence-electron chi connectivity index (χ0n) is 14.7. The van der Waals surface area contributed by atoms with E-state index in [9.17, 15) is 0 Å². The Labute approximate surface area is 141 Å². The normalized spacial score (nSPS) is 16.3. The summed E-state index contributed by atoms with van der Waals surface area (Å²) in [5.74, 6) is 0.888. The summed E-state index contributed by atoms with van der Waals surface area (Å²) in [5.41, 5.74) is 0. The van der Waals surface area contributed by atoms with E-state index in [4.69, 9.17) is 9.47 Å². The summed E-state index contributed by atoms with van der Waals surface area (Å²) in [6, 6.07) is 0. The fraction of sp³-hybridized carbons (Fsp3) is 0.824. The maximum Gasteiger partial charge on any atom is 0.191 e. The van der Waals surface area contributed by atoms with Gasteiger partial charge < -0.3 is 20.1 Å². The van der Waals surface area contributed by atoms with Crippen molar-refractivity contribution in [1.82, 2.24) is 15.5 Å². The van der Waals surface area contributed by atoms with Crippen LogP contribution in [0.2, 0.25) is 0 Å². The Balaban J connectivity index is 2.15. The molecule has 6 nitrogen and oxygen atoms in total. The molecule has 1 aliphatic heterocycles. The Morgan fingerprint density at radius 2 is 2.04 bits per heavy atom. The van der Waals surface area contributed by atoms with Crippen LogP contribution < -0.4 is 10.6 Å². The second kappa shape index (κ2) is 14.5. The SMILES string of the molecule is C=CCNC(=NCCCN1CCOCC1)NCCCCCOC. The van der Waals surface area contributed by atoms with Crippen LogP contribution in [0.4, 0.5) is 0 Å². The summed E-state index contributed by atoms with van der Waals surface area (Å²) < 4.78 is 10.4. The summed E-state index contributed by atoms with van der Waals surface area (Å²) in [5, 5.41) is 6.66. The minimum absolute atomic E-state index is 0.735. The molecule has 1 aliphatic rings. The predicted octanol–water partition coefficient (Wildman–Crippen LogP) is 1.25. The number of methoxy groups -OCH3 is 1. The van der Waals surface area contributed by atoms with Crippen molar-refractivity contribution >= 4 is 5.96 Å². The van der Waals surface area contributed by atoms with Gasteiger partial charge in [0.1, 0.15) is 0 Å². The molecule has 0 aromatic rings. The first-order chi connectivity index (χ1) is 11.4. The van der Waals surface area contributed by atoms with Gasteiger partial charge >= 0.3 is 0 Å². The monoisotopic (exact) mass is 326 g/mol. The molecule has 0 aliphatic carbocycles. The fourth-order valence-corrected chi connectivity index (χ4v) is 2.41. The van der Waals surface area contributed by atoms with E-state index >= 15 is 0 Å². The summed E-state index contributed by atoms with van der Waals surface area (Å²) in [7, 11) is 1.75. The molecule has 0 amide bonds. The number of hydrogen-bond donors (Lipinski definition) is 2. The third kappa shape index (κ3) is 11.1. The van der Waals surface area contributed by atoms with E-state index in [2.05, 4.69) is 27.1 Å². The molecule has 1 saturated heterocycles. The van der Waals surface area contributed by atoms with E-state index in [1.807, 2.05) is 6.08 Å². The van der Waals surface area contributed by atoms with Gasteiger partial charge in [-0.15, -0.1) is 6.58 Å². The van der Waals surface area contributed by atoms with Crippen molar-refractivity contribution < 1.29 is 9.47 Å². The number of unbranched alkanes of at least 4 members (excludes halogenated alkanes) is 2. The van der Waals surface area contributed by atoms with Crippen LogP contribution in [0, 0.1) is 0 Å². The van der Waals surface area contributed by atoms with E-state index < -0.39 is 0 Å². The first-order valence-electron chi connectivity index (χ1n) is 8.79. The predicted molar refractivity (Wildman–Crippen MR) is 96.1 cm³/mol. The van der Waals surface area contributed by atoms with Gasteiger partial charge in [-0.2, -0.15) is 0 Å². The highest BCUT2D eigenvalue weighted by Gasteiger charge is 2.08. The average Bonchev–Trinajstić information content (AvgIpc) is 2.59. The molecule has 1 fully saturated rings. The minimum atomic E-state index is 0.735. The third-order valence-corrected chi connectivity index (χ3v) is 3.74. The van der Waals surface area contributed by atoms with Crippen LogP contribution in [0.25, 0.3) is 0 Å². The molecule has 0 aromatic carbocycles. The lowest BCUT2D eigenvalue weighted by Gasteiger charge is -2.26. The van der Waals surface area contributed by atoms with Crippen LogP contribution in [0.5, 0.6) is 0 Å². The van der Waals surface area contributed by atoms with Crippen LogP contribution in [-0.2, 0) is 9.47 Å². The van der Waals surface area contributed by atoms with E-state index in [0.29, 0.717) is 0 Å². The van der Waals surface area contributed by atoms with E-state index in [1.165, 1.54) is 6.42 Å². The Morgan fingerprint density at radius 3 is 2.78 bits per heavy atom. The van der Waals surface area contributed by atoms with Crippen molar-refractivity contribution in [2.45, 2.75) is 25.7 Å². The van der Waals surface area contributed by atoms with Gasteiger partial charge in [0.25, 0.3) is 0 Å². The molecule has 23 heavy (non-hydrogen) atoms. The lowest BCUT2D eigenvalue weighted by molar-refractivity contribution is 0.0377. The van der Waals surface area contributed by atoms with Gasteiger partial charge in [-0.25, -0.2) is 0 Å². The number of nitrogens with zero attached hydrogens (tertiary/aromatic N) is 2. The first kappa shape index (κ1) is 19.9. The first-order valence-corrected chi connectivity index (χ1v) is 8.79. The molecule has 1 heterocycles. The summed E-state index contributed by atoms with van der Waals surface area (Å²) in [6.07, 6.45) is 6.35. The highest BCUT2D eigenvalue weighted by molar-refractivity contribution is 5.79. The number of nitrogens with one attached hydrogen (secondary N) is 2. The average molecular weight is 326 g/mol. The minimum Gasteiger partial charge on any atom is -0.385 e. The molecule has 2 N–H and O–H groups in total. The summed E-state index contributed by atoms with van der Waals surface area (Å²) in [6.45, 7) is 12.0. The fourth-order valence-electron chi connectivity index (χ4n) is 2.41. The second-order valence-electron chi connectivity index (χ2n) is 5.69. The van der Waals surface area contributed by atoms with Crippen LogP contribution >= 0.6 is 0 Å². The van der Waals surface area contributed by atoms with Gasteiger partial charge in [0, 0.05) is 53.0 Å². The standard InChI is InChI=1S/C17H34N4O2/c1-3-8-18-17(19-9-5-4-6-14-22-2)20-10-7-11-21-12-15-23-16-13-21/h3H,1,4-16H2,2H3,(H2,18,19,20). The van der Waals surface area contributed by atoms with Crippen LogP contribution in [0.3, 0.4) is 0 Å². The summed E-state index contributed by atoms with van der Waals surface area (Å²) in [4.78, 5) is 7.09. The number of ether oxygens (including phenoxy) is 2. The molecular formula is C17H34N4O2. The van der Waals surface area contributed by atoms with Gasteiger partial charge in [0.05, 0.1) is 13.2 Å². The van der Waals surface area contributed by atoms with Crippen molar-refractivity contribution in [3.05, 3.63) is 12.7 Å². The number of aliphatic imine (C=N–C) groups is 1. The van der Waals surface area contributed by atoms with Gasteiger partial charge in [-0.05, 0) is 25.7 Å². The highest BCUT2D eigenvalue weighted by atomic mass is 16.5. The van der Waals surface area contributed by atoms with Gasteiger partial charge in [-0.1, -0.05) is 6.08 Å². The van der Waals surface area contributed by atoms with Gasteiger partial charge in [0.2, 0.25) is 0 Å². The molecule has 0 aromatic heterocycles. The molecule has 0 atom stereocenters. The maximum atomic E-state index is 5.36. The van der Waals surface area contributed by atoms with E-state index in [-0.39, 0.29) is 0 Å². The maximum absolute atomic E-state index is 5.36. The molecule has 1 rings (SSSR count). The van der Waals surface area contributed by atoms with Crippen molar-refractivity contribution in [2.75, 3.05) is 66.2 Å². The van der Waals surface area contributed by atoms with E-state index in [0.717, 1.165) is 84.3 Å². The number of hydrogen-bond acceptors (Lipinski definition) is 4. The molecule has 6 heteroatoms. The number of morpholine rings is 1. The van der Waals surface area contributed by atoms with Crippen molar-refractivity contribution in [3.63, 3.8) is 0 Å². The molecule has 0 unspecified atom stereocenters. The lowest BCUT2D eigenvalue weighted by Crippen LogP contribution is -2.39. The molecular weight excluding hydrogens is 292 g/mol. The molecule has 0 saturated carbocycles. The quantitative estimate of drug-likeness (QED) is 0.245. The largest absolute Gasteiger partial charge is 0.385 e. The molecule has 0 bridgehead atoms. The summed E-state index contributed by atoms with van der Waals surface area (Å²) >= 11 is 0.